The number of halogens is 2. The molecule has 6 nitrogen and oxygen atoms in total. The zero-order valence-electron chi connectivity index (χ0n) is 9.90. The van der Waals surface area contributed by atoms with Crippen molar-refractivity contribution in [2.45, 2.75) is 18.9 Å². The first kappa shape index (κ1) is 13.8. The number of rotatable bonds is 2. The van der Waals surface area contributed by atoms with E-state index in [1.807, 2.05) is 0 Å². The Morgan fingerprint density at radius 1 is 1.26 bits per heavy atom. The fourth-order valence-electron chi connectivity index (χ4n) is 1.38. The van der Waals surface area contributed by atoms with E-state index in [4.69, 9.17) is 34.7 Å². The number of nitrogens with zero attached hydrogens (tertiary/aromatic N) is 2. The summed E-state index contributed by atoms with van der Waals surface area (Å²) >= 11 is 11.9. The van der Waals surface area contributed by atoms with Crippen LogP contribution < -0.4 is 16.8 Å². The summed E-state index contributed by atoms with van der Waals surface area (Å²) in [6, 6.07) is 2.94. The normalized spacial score (nSPS) is 16.5. The van der Waals surface area contributed by atoms with Crippen molar-refractivity contribution in [1.29, 1.82) is 0 Å². The summed E-state index contributed by atoms with van der Waals surface area (Å²) in [5.74, 6) is 0.0979. The third-order valence-electron chi connectivity index (χ3n) is 2.38. The molecule has 8 heteroatoms. The summed E-state index contributed by atoms with van der Waals surface area (Å²) in [6.45, 7) is 0. The SMILES string of the molecule is NC(=NC1CC1)/N=C(/N)Nc1c(Cl)cc(O)cc1Cl. The highest BCUT2D eigenvalue weighted by Crippen LogP contribution is 2.34. The van der Waals surface area contributed by atoms with Gasteiger partial charge in [0.05, 0.1) is 21.8 Å². The van der Waals surface area contributed by atoms with Crippen molar-refractivity contribution in [2.24, 2.45) is 21.5 Å². The van der Waals surface area contributed by atoms with Gasteiger partial charge >= 0.3 is 0 Å². The second-order valence-electron chi connectivity index (χ2n) is 4.12. The van der Waals surface area contributed by atoms with Crippen LogP contribution in [0.3, 0.4) is 0 Å². The van der Waals surface area contributed by atoms with E-state index >= 15 is 0 Å². The van der Waals surface area contributed by atoms with Gasteiger partial charge in [-0.1, -0.05) is 23.2 Å². The number of hydrogen-bond acceptors (Lipinski definition) is 2. The molecular weight excluding hydrogens is 289 g/mol. The van der Waals surface area contributed by atoms with Crippen molar-refractivity contribution in [2.75, 3.05) is 5.32 Å². The van der Waals surface area contributed by atoms with Crippen molar-refractivity contribution >= 4 is 40.8 Å². The Labute approximate surface area is 120 Å². The maximum absolute atomic E-state index is 9.31. The van der Waals surface area contributed by atoms with Gasteiger partial charge in [0.1, 0.15) is 5.75 Å². The van der Waals surface area contributed by atoms with Crippen molar-refractivity contribution < 1.29 is 5.11 Å². The number of hydrogen-bond donors (Lipinski definition) is 4. The quantitative estimate of drug-likeness (QED) is 0.380. The predicted molar refractivity (Wildman–Crippen MR) is 78.0 cm³/mol. The Hall–Kier alpha value is -1.66. The second-order valence-corrected chi connectivity index (χ2v) is 4.94. The predicted octanol–water partition coefficient (Wildman–Crippen LogP) is 1.90. The average molecular weight is 302 g/mol. The molecule has 1 aromatic carbocycles. The van der Waals surface area contributed by atoms with Gasteiger partial charge in [-0.15, -0.1) is 0 Å². The second kappa shape index (κ2) is 5.54. The zero-order chi connectivity index (χ0) is 14.0. The van der Waals surface area contributed by atoms with E-state index < -0.39 is 0 Å². The maximum atomic E-state index is 9.31. The number of benzene rings is 1. The lowest BCUT2D eigenvalue weighted by Crippen LogP contribution is -2.26. The lowest BCUT2D eigenvalue weighted by molar-refractivity contribution is 0.475. The first-order valence-electron chi connectivity index (χ1n) is 5.58. The molecule has 0 aromatic heterocycles. The van der Waals surface area contributed by atoms with Gasteiger partial charge in [0.2, 0.25) is 11.9 Å². The molecule has 0 atom stereocenters. The number of guanidine groups is 2. The van der Waals surface area contributed by atoms with Gasteiger partial charge < -0.3 is 21.9 Å². The van der Waals surface area contributed by atoms with Crippen LogP contribution in [0.5, 0.6) is 5.75 Å². The number of nitrogens with one attached hydrogen (secondary N) is 1. The molecule has 0 heterocycles. The minimum absolute atomic E-state index is 0.0244. The van der Waals surface area contributed by atoms with E-state index in [2.05, 4.69) is 15.3 Å². The van der Waals surface area contributed by atoms with Crippen molar-refractivity contribution in [3.05, 3.63) is 22.2 Å². The molecule has 0 radical (unpaired) electrons. The molecule has 102 valence electrons. The third-order valence-corrected chi connectivity index (χ3v) is 2.97. The van der Waals surface area contributed by atoms with Gasteiger partial charge in [-0.3, -0.25) is 0 Å². The zero-order valence-corrected chi connectivity index (χ0v) is 11.4. The fraction of sp³-hybridized carbons (Fsp3) is 0.273. The summed E-state index contributed by atoms with van der Waals surface area (Å²) in [4.78, 5) is 8.00. The van der Waals surface area contributed by atoms with E-state index in [9.17, 15) is 5.11 Å². The van der Waals surface area contributed by atoms with Gasteiger partial charge in [-0.25, -0.2) is 4.99 Å². The number of aromatic hydroxyl groups is 1. The van der Waals surface area contributed by atoms with Crippen LogP contribution in [0.2, 0.25) is 10.0 Å². The van der Waals surface area contributed by atoms with Crippen LogP contribution in [-0.4, -0.2) is 23.1 Å². The molecule has 0 aliphatic heterocycles. The van der Waals surface area contributed by atoms with E-state index in [0.29, 0.717) is 5.69 Å². The molecule has 0 unspecified atom stereocenters. The average Bonchev–Trinajstić information content (AvgIpc) is 3.06. The van der Waals surface area contributed by atoms with Crippen molar-refractivity contribution in [3.8, 4) is 5.75 Å². The fourth-order valence-corrected chi connectivity index (χ4v) is 1.95. The number of nitrogens with two attached hydrogens (primary N) is 2. The summed E-state index contributed by atoms with van der Waals surface area (Å²) in [5.41, 5.74) is 11.6. The highest BCUT2D eigenvalue weighted by Gasteiger charge is 2.20. The Balaban J connectivity index is 2.14. The molecule has 1 aromatic rings. The summed E-state index contributed by atoms with van der Waals surface area (Å²) in [5, 5.41) is 12.5. The molecule has 1 aliphatic carbocycles. The lowest BCUT2D eigenvalue weighted by atomic mass is 10.3. The molecule has 0 spiro atoms. The molecular formula is C11H13Cl2N5O. The first-order valence-corrected chi connectivity index (χ1v) is 6.34. The molecule has 19 heavy (non-hydrogen) atoms. The van der Waals surface area contributed by atoms with E-state index in [-0.39, 0.29) is 33.8 Å². The molecule has 2 rings (SSSR count). The van der Waals surface area contributed by atoms with Gasteiger partial charge in [-0.05, 0) is 12.8 Å². The summed E-state index contributed by atoms with van der Waals surface area (Å²) < 4.78 is 0. The molecule has 6 N–H and O–H groups in total. The highest BCUT2D eigenvalue weighted by atomic mass is 35.5. The topological polar surface area (TPSA) is 109 Å². The van der Waals surface area contributed by atoms with Crippen molar-refractivity contribution in [1.82, 2.24) is 0 Å². The molecule has 0 amide bonds. The van der Waals surface area contributed by atoms with E-state index in [0.717, 1.165) is 12.8 Å². The van der Waals surface area contributed by atoms with Gasteiger partial charge in [-0.2, -0.15) is 4.99 Å². The Bertz CT molecular complexity index is 531. The highest BCUT2D eigenvalue weighted by molar-refractivity contribution is 6.40. The lowest BCUT2D eigenvalue weighted by Gasteiger charge is -2.10. The smallest absolute Gasteiger partial charge is 0.218 e. The minimum atomic E-state index is -0.0362. The standard InChI is InChI=1S/C11H13Cl2N5O/c12-7-3-6(19)4-8(13)9(7)17-11(15)18-10(14)16-5-1-2-5/h3-5,19H,1-2H2,(H5,14,15,16,17,18). The molecule has 1 aliphatic rings. The van der Waals surface area contributed by atoms with Crippen LogP contribution in [0.4, 0.5) is 5.69 Å². The number of aliphatic imine (C=N–C) groups is 2. The summed E-state index contributed by atoms with van der Waals surface area (Å²) in [7, 11) is 0. The monoisotopic (exact) mass is 301 g/mol. The third kappa shape index (κ3) is 3.90. The number of phenolic OH excluding ortho intramolecular Hbond substituents is 1. The van der Waals surface area contributed by atoms with Crippen LogP contribution in [0.15, 0.2) is 22.1 Å². The molecule has 0 saturated heterocycles. The van der Waals surface area contributed by atoms with Gasteiger partial charge in [0, 0.05) is 12.1 Å². The minimum Gasteiger partial charge on any atom is -0.508 e. The van der Waals surface area contributed by atoms with Gasteiger partial charge in [0.25, 0.3) is 0 Å². The van der Waals surface area contributed by atoms with E-state index in [1.165, 1.54) is 12.1 Å². The maximum Gasteiger partial charge on any atom is 0.218 e. The number of phenols is 1. The van der Waals surface area contributed by atoms with E-state index in [1.54, 1.807) is 0 Å². The summed E-state index contributed by atoms with van der Waals surface area (Å²) in [6.07, 6.45) is 2.05. The molecule has 1 fully saturated rings. The van der Waals surface area contributed by atoms with Crippen LogP contribution in [0.25, 0.3) is 0 Å². The van der Waals surface area contributed by atoms with Crippen molar-refractivity contribution in [3.63, 3.8) is 0 Å². The van der Waals surface area contributed by atoms with Crippen LogP contribution in [-0.2, 0) is 0 Å². The Morgan fingerprint density at radius 2 is 1.84 bits per heavy atom. The Kier molecular flexibility index (Phi) is 4.01. The van der Waals surface area contributed by atoms with Crippen LogP contribution in [0, 0.1) is 0 Å². The Morgan fingerprint density at radius 3 is 2.37 bits per heavy atom. The number of anilines is 1. The van der Waals surface area contributed by atoms with Crippen LogP contribution in [0.1, 0.15) is 12.8 Å². The molecule has 1 saturated carbocycles. The largest absolute Gasteiger partial charge is 0.508 e. The van der Waals surface area contributed by atoms with Crippen LogP contribution >= 0.6 is 23.2 Å². The first-order chi connectivity index (χ1) is 8.95. The molecule has 0 bridgehead atoms. The van der Waals surface area contributed by atoms with Gasteiger partial charge in [0.15, 0.2) is 0 Å².